The summed E-state index contributed by atoms with van der Waals surface area (Å²) < 4.78 is 5.87. The van der Waals surface area contributed by atoms with E-state index in [1.54, 1.807) is 0 Å². The maximum Gasteiger partial charge on any atom is 0.0861 e. The number of hydrogen-bond acceptors (Lipinski definition) is 2. The second-order valence-electron chi connectivity index (χ2n) is 6.09. The molecule has 0 aromatic heterocycles. The fraction of sp³-hybridized carbons (Fsp3) is 1.00. The van der Waals surface area contributed by atoms with E-state index < -0.39 is 0 Å². The van der Waals surface area contributed by atoms with Gasteiger partial charge in [0, 0.05) is 6.61 Å². The molecule has 0 amide bonds. The van der Waals surface area contributed by atoms with E-state index in [1.165, 1.54) is 57.8 Å². The molecule has 0 saturated heterocycles. The second kappa shape index (κ2) is 10.7. The smallest absolute Gasteiger partial charge is 0.0861 e. The molecule has 0 spiro atoms. The molecule has 1 N–H and O–H groups in total. The van der Waals surface area contributed by atoms with Crippen molar-refractivity contribution >= 4 is 0 Å². The Hall–Kier alpha value is -0.0800. The van der Waals surface area contributed by atoms with Gasteiger partial charge >= 0.3 is 0 Å². The quantitative estimate of drug-likeness (QED) is 0.583. The molecular formula is C17H34O2. The van der Waals surface area contributed by atoms with Crippen molar-refractivity contribution in [3.63, 3.8) is 0 Å². The highest BCUT2D eigenvalue weighted by Gasteiger charge is 2.29. The molecule has 1 aliphatic carbocycles. The third-order valence-corrected chi connectivity index (χ3v) is 4.46. The molecule has 1 aliphatic rings. The minimum Gasteiger partial charge on any atom is -0.390 e. The topological polar surface area (TPSA) is 29.5 Å². The highest BCUT2D eigenvalue weighted by molar-refractivity contribution is 4.80. The van der Waals surface area contributed by atoms with Crippen molar-refractivity contribution in [2.45, 2.75) is 96.7 Å². The maximum atomic E-state index is 10.4. The van der Waals surface area contributed by atoms with Gasteiger partial charge in [-0.3, -0.25) is 0 Å². The number of hydrogen-bond donors (Lipinski definition) is 1. The molecule has 0 bridgehead atoms. The highest BCUT2D eigenvalue weighted by atomic mass is 16.5. The summed E-state index contributed by atoms with van der Waals surface area (Å²) in [6.07, 6.45) is 13.6. The first-order valence-electron chi connectivity index (χ1n) is 8.59. The van der Waals surface area contributed by atoms with E-state index in [0.29, 0.717) is 5.92 Å². The lowest BCUT2D eigenvalue weighted by Crippen LogP contribution is -2.37. The zero-order valence-corrected chi connectivity index (χ0v) is 13.1. The van der Waals surface area contributed by atoms with Gasteiger partial charge in [0.1, 0.15) is 0 Å². The average molecular weight is 270 g/mol. The van der Waals surface area contributed by atoms with Gasteiger partial charge in [-0.05, 0) is 32.1 Å². The van der Waals surface area contributed by atoms with Crippen LogP contribution in [-0.2, 0) is 4.74 Å². The number of ether oxygens (including phenoxy) is 1. The average Bonchev–Trinajstić information content (AvgIpc) is 2.45. The zero-order chi connectivity index (χ0) is 13.9. The Morgan fingerprint density at radius 2 is 1.68 bits per heavy atom. The molecule has 0 heterocycles. The van der Waals surface area contributed by atoms with Crippen molar-refractivity contribution in [1.29, 1.82) is 0 Å². The summed E-state index contributed by atoms with van der Waals surface area (Å²) in [5.41, 5.74) is 0. The number of rotatable bonds is 10. The van der Waals surface area contributed by atoms with Crippen LogP contribution in [0.4, 0.5) is 0 Å². The minimum absolute atomic E-state index is 0.0940. The third kappa shape index (κ3) is 6.76. The van der Waals surface area contributed by atoms with E-state index in [1.807, 2.05) is 6.92 Å². The van der Waals surface area contributed by atoms with Crippen molar-refractivity contribution < 1.29 is 9.84 Å². The van der Waals surface area contributed by atoms with Gasteiger partial charge in [-0.25, -0.2) is 0 Å². The van der Waals surface area contributed by atoms with Crippen LogP contribution in [0.15, 0.2) is 0 Å². The number of aliphatic hydroxyl groups excluding tert-OH is 1. The maximum absolute atomic E-state index is 10.4. The Morgan fingerprint density at radius 1 is 1.00 bits per heavy atom. The first kappa shape index (κ1) is 17.0. The molecule has 114 valence electrons. The summed E-state index contributed by atoms with van der Waals surface area (Å²) in [5, 5.41) is 10.4. The van der Waals surface area contributed by atoms with Crippen LogP contribution in [0, 0.1) is 5.92 Å². The van der Waals surface area contributed by atoms with Crippen molar-refractivity contribution in [2.24, 2.45) is 5.92 Å². The highest BCUT2D eigenvalue weighted by Crippen LogP contribution is 2.30. The van der Waals surface area contributed by atoms with E-state index in [0.717, 1.165) is 19.4 Å². The fourth-order valence-corrected chi connectivity index (χ4v) is 3.34. The van der Waals surface area contributed by atoms with Crippen molar-refractivity contribution in [1.82, 2.24) is 0 Å². The molecule has 2 heteroatoms. The van der Waals surface area contributed by atoms with Crippen molar-refractivity contribution in [3.8, 4) is 0 Å². The van der Waals surface area contributed by atoms with E-state index in [4.69, 9.17) is 4.74 Å². The molecule has 2 atom stereocenters. The lowest BCUT2D eigenvalue weighted by molar-refractivity contribution is -0.0752. The van der Waals surface area contributed by atoms with Gasteiger partial charge in [-0.2, -0.15) is 0 Å². The first-order valence-corrected chi connectivity index (χ1v) is 8.59. The second-order valence-corrected chi connectivity index (χ2v) is 6.09. The Bertz CT molecular complexity index is 199. The van der Waals surface area contributed by atoms with Crippen molar-refractivity contribution in [2.75, 3.05) is 6.61 Å². The molecule has 2 nitrogen and oxygen atoms in total. The summed E-state index contributed by atoms with van der Waals surface area (Å²) in [5.74, 6) is 0.597. The summed E-state index contributed by atoms with van der Waals surface area (Å²) >= 11 is 0. The predicted molar refractivity (Wildman–Crippen MR) is 81.4 cm³/mol. The third-order valence-electron chi connectivity index (χ3n) is 4.46. The van der Waals surface area contributed by atoms with Crippen molar-refractivity contribution in [3.05, 3.63) is 0 Å². The fourth-order valence-electron chi connectivity index (χ4n) is 3.34. The molecule has 0 radical (unpaired) electrons. The SMILES string of the molecule is CCCCCCCC(O)C(OCC)C1CCCCC1. The van der Waals surface area contributed by atoms with Gasteiger partial charge in [0.05, 0.1) is 12.2 Å². The number of aliphatic hydroxyl groups is 1. The van der Waals surface area contributed by atoms with E-state index in [9.17, 15) is 5.11 Å². The molecule has 2 unspecified atom stereocenters. The van der Waals surface area contributed by atoms with Crippen LogP contribution < -0.4 is 0 Å². The molecule has 19 heavy (non-hydrogen) atoms. The summed E-state index contributed by atoms with van der Waals surface area (Å²) in [6.45, 7) is 5.01. The van der Waals surface area contributed by atoms with Crippen LogP contribution >= 0.6 is 0 Å². The zero-order valence-electron chi connectivity index (χ0n) is 13.1. The number of unbranched alkanes of at least 4 members (excludes halogenated alkanes) is 4. The predicted octanol–water partition coefficient (Wildman–Crippen LogP) is 4.69. The van der Waals surface area contributed by atoms with Gasteiger partial charge in [0.25, 0.3) is 0 Å². The largest absolute Gasteiger partial charge is 0.390 e. The van der Waals surface area contributed by atoms with Crippen LogP contribution in [0.2, 0.25) is 0 Å². The van der Waals surface area contributed by atoms with Gasteiger partial charge in [0.2, 0.25) is 0 Å². The summed E-state index contributed by atoms with van der Waals surface area (Å²) in [4.78, 5) is 0. The normalized spacial score (nSPS) is 20.4. The van der Waals surface area contributed by atoms with Crippen LogP contribution in [0.1, 0.15) is 84.5 Å². The minimum atomic E-state index is -0.246. The lowest BCUT2D eigenvalue weighted by Gasteiger charge is -2.33. The summed E-state index contributed by atoms with van der Waals surface area (Å²) in [6, 6.07) is 0. The van der Waals surface area contributed by atoms with Gasteiger partial charge < -0.3 is 9.84 Å². The lowest BCUT2D eigenvalue weighted by atomic mass is 9.82. The molecule has 1 fully saturated rings. The molecule has 0 aromatic rings. The standard InChI is InChI=1S/C17H34O2/c1-3-5-6-7-11-14-16(18)17(19-4-2)15-12-9-8-10-13-15/h15-18H,3-14H2,1-2H3. The Kier molecular flexibility index (Phi) is 9.54. The Morgan fingerprint density at radius 3 is 2.32 bits per heavy atom. The van der Waals surface area contributed by atoms with E-state index in [-0.39, 0.29) is 12.2 Å². The molecule has 0 aromatic carbocycles. The van der Waals surface area contributed by atoms with Gasteiger partial charge in [-0.15, -0.1) is 0 Å². The molecule has 1 saturated carbocycles. The first-order chi connectivity index (χ1) is 9.29. The van der Waals surface area contributed by atoms with Gasteiger partial charge in [0.15, 0.2) is 0 Å². The van der Waals surface area contributed by atoms with E-state index in [2.05, 4.69) is 6.92 Å². The molecule has 1 rings (SSSR count). The monoisotopic (exact) mass is 270 g/mol. The summed E-state index contributed by atoms with van der Waals surface area (Å²) in [7, 11) is 0. The molecular weight excluding hydrogens is 236 g/mol. The van der Waals surface area contributed by atoms with Crippen LogP contribution in [0.5, 0.6) is 0 Å². The van der Waals surface area contributed by atoms with Crippen LogP contribution in [0.25, 0.3) is 0 Å². The Labute approximate surface area is 119 Å². The molecule has 0 aliphatic heterocycles. The van der Waals surface area contributed by atoms with Gasteiger partial charge in [-0.1, -0.05) is 58.3 Å². The van der Waals surface area contributed by atoms with Crippen LogP contribution in [0.3, 0.4) is 0 Å². The van der Waals surface area contributed by atoms with Crippen LogP contribution in [-0.4, -0.2) is 23.9 Å². The Balaban J connectivity index is 2.28. The van der Waals surface area contributed by atoms with E-state index >= 15 is 0 Å².